The van der Waals surface area contributed by atoms with Crippen molar-refractivity contribution in [2.75, 3.05) is 31.1 Å². The van der Waals surface area contributed by atoms with Crippen molar-refractivity contribution in [1.82, 2.24) is 9.47 Å². The first kappa shape index (κ1) is 17.0. The lowest BCUT2D eigenvalue weighted by atomic mass is 10.1. The largest absolute Gasteiger partial charge is 0.443 e. The lowest BCUT2D eigenvalue weighted by molar-refractivity contribution is 0.0744. The SMILES string of the molecule is Cc1oc(-n2cccc2)c(C#N)c1C(=O)N1CCN(c2ccccc2)CC1. The van der Waals surface area contributed by atoms with Crippen molar-refractivity contribution in [3.05, 3.63) is 71.7 Å². The summed E-state index contributed by atoms with van der Waals surface area (Å²) in [7, 11) is 0. The van der Waals surface area contributed by atoms with E-state index in [2.05, 4.69) is 23.1 Å². The van der Waals surface area contributed by atoms with Crippen LogP contribution >= 0.6 is 0 Å². The smallest absolute Gasteiger partial charge is 0.258 e. The third-order valence-corrected chi connectivity index (χ3v) is 4.92. The van der Waals surface area contributed by atoms with Crippen LogP contribution in [-0.2, 0) is 0 Å². The fourth-order valence-corrected chi connectivity index (χ4v) is 3.51. The third kappa shape index (κ3) is 3.08. The first-order valence-corrected chi connectivity index (χ1v) is 8.95. The van der Waals surface area contributed by atoms with Gasteiger partial charge < -0.3 is 14.2 Å². The summed E-state index contributed by atoms with van der Waals surface area (Å²) in [5.74, 6) is 0.732. The summed E-state index contributed by atoms with van der Waals surface area (Å²) < 4.78 is 7.48. The summed E-state index contributed by atoms with van der Waals surface area (Å²) in [6.07, 6.45) is 3.60. The van der Waals surface area contributed by atoms with Crippen molar-refractivity contribution in [2.24, 2.45) is 0 Å². The zero-order valence-electron chi connectivity index (χ0n) is 15.1. The molecule has 1 aliphatic rings. The summed E-state index contributed by atoms with van der Waals surface area (Å²) in [6.45, 7) is 4.49. The van der Waals surface area contributed by atoms with Gasteiger partial charge in [0.15, 0.2) is 0 Å². The van der Waals surface area contributed by atoms with Gasteiger partial charge in [-0.05, 0) is 31.2 Å². The number of aromatic nitrogens is 1. The number of benzene rings is 1. The maximum absolute atomic E-state index is 13.1. The van der Waals surface area contributed by atoms with Crippen molar-refractivity contribution >= 4 is 11.6 Å². The molecule has 1 amide bonds. The second kappa shape index (κ2) is 7.04. The third-order valence-electron chi connectivity index (χ3n) is 4.92. The van der Waals surface area contributed by atoms with Gasteiger partial charge in [0.2, 0.25) is 5.88 Å². The van der Waals surface area contributed by atoms with Gasteiger partial charge in [-0.1, -0.05) is 18.2 Å². The Morgan fingerprint density at radius 2 is 1.70 bits per heavy atom. The van der Waals surface area contributed by atoms with E-state index in [0.29, 0.717) is 35.9 Å². The van der Waals surface area contributed by atoms with Crippen LogP contribution in [0.2, 0.25) is 0 Å². The molecule has 6 heteroatoms. The lowest BCUT2D eigenvalue weighted by Crippen LogP contribution is -2.49. The molecule has 6 nitrogen and oxygen atoms in total. The monoisotopic (exact) mass is 360 g/mol. The molecule has 0 bridgehead atoms. The number of nitrogens with zero attached hydrogens (tertiary/aromatic N) is 4. The number of para-hydroxylation sites is 1. The number of hydrogen-bond donors (Lipinski definition) is 0. The number of carbonyl (C=O) groups excluding carboxylic acids is 1. The zero-order valence-corrected chi connectivity index (χ0v) is 15.1. The Morgan fingerprint density at radius 3 is 2.33 bits per heavy atom. The number of aryl methyl sites for hydroxylation is 1. The van der Waals surface area contributed by atoms with Crippen LogP contribution in [-0.4, -0.2) is 41.6 Å². The van der Waals surface area contributed by atoms with Crippen LogP contribution in [0.1, 0.15) is 21.7 Å². The summed E-state index contributed by atoms with van der Waals surface area (Å²) >= 11 is 0. The Labute approximate surface area is 157 Å². The van der Waals surface area contributed by atoms with E-state index in [1.165, 1.54) is 0 Å². The molecule has 4 rings (SSSR count). The number of nitriles is 1. The molecule has 1 aliphatic heterocycles. The first-order chi connectivity index (χ1) is 13.2. The Balaban J connectivity index is 1.55. The molecule has 0 N–H and O–H groups in total. The van der Waals surface area contributed by atoms with E-state index in [4.69, 9.17) is 4.42 Å². The predicted molar refractivity (Wildman–Crippen MR) is 102 cm³/mol. The second-order valence-electron chi connectivity index (χ2n) is 6.53. The van der Waals surface area contributed by atoms with Crippen LogP contribution in [0.5, 0.6) is 0 Å². The fourth-order valence-electron chi connectivity index (χ4n) is 3.51. The maximum atomic E-state index is 13.1. The average molecular weight is 360 g/mol. The van der Waals surface area contributed by atoms with E-state index in [0.717, 1.165) is 18.8 Å². The number of anilines is 1. The van der Waals surface area contributed by atoms with Gasteiger partial charge in [-0.25, -0.2) is 0 Å². The van der Waals surface area contributed by atoms with E-state index in [1.807, 2.05) is 30.3 Å². The molecule has 1 fully saturated rings. The lowest BCUT2D eigenvalue weighted by Gasteiger charge is -2.36. The molecule has 0 atom stereocenters. The van der Waals surface area contributed by atoms with Gasteiger partial charge in [-0.15, -0.1) is 0 Å². The van der Waals surface area contributed by atoms with Crippen LogP contribution < -0.4 is 4.90 Å². The van der Waals surface area contributed by atoms with Crippen molar-refractivity contribution in [2.45, 2.75) is 6.92 Å². The fraction of sp³-hybridized carbons (Fsp3) is 0.238. The molecule has 0 spiro atoms. The summed E-state index contributed by atoms with van der Waals surface area (Å²) in [6, 6.07) is 16.0. The minimum Gasteiger partial charge on any atom is -0.443 e. The van der Waals surface area contributed by atoms with Gasteiger partial charge >= 0.3 is 0 Å². The minimum absolute atomic E-state index is 0.140. The van der Waals surface area contributed by atoms with Crippen molar-refractivity contribution in [3.8, 4) is 12.0 Å². The molecule has 3 heterocycles. The van der Waals surface area contributed by atoms with Gasteiger partial charge in [0.1, 0.15) is 23.0 Å². The molecule has 2 aromatic heterocycles. The van der Waals surface area contributed by atoms with Gasteiger partial charge in [0.25, 0.3) is 5.91 Å². The molecular formula is C21H20N4O2. The number of carbonyl (C=O) groups is 1. The summed E-state index contributed by atoms with van der Waals surface area (Å²) in [5.41, 5.74) is 1.82. The average Bonchev–Trinajstić information content (AvgIpc) is 3.35. The van der Waals surface area contributed by atoms with Crippen LogP contribution in [0.25, 0.3) is 5.88 Å². The molecule has 136 valence electrons. The standard InChI is InChI=1S/C21H20N4O2/c1-16-19(18(15-22)21(27-16)25-9-5-6-10-25)20(26)24-13-11-23(12-14-24)17-7-3-2-4-8-17/h2-10H,11-14H2,1H3. The molecule has 0 radical (unpaired) electrons. The van der Waals surface area contributed by atoms with E-state index >= 15 is 0 Å². The molecule has 0 aliphatic carbocycles. The summed E-state index contributed by atoms with van der Waals surface area (Å²) in [5, 5.41) is 9.65. The highest BCUT2D eigenvalue weighted by molar-refractivity contribution is 5.98. The number of amides is 1. The van der Waals surface area contributed by atoms with E-state index in [1.54, 1.807) is 28.8 Å². The molecule has 3 aromatic rings. The number of rotatable bonds is 3. The van der Waals surface area contributed by atoms with Crippen LogP contribution in [0, 0.1) is 18.3 Å². The van der Waals surface area contributed by atoms with Crippen molar-refractivity contribution < 1.29 is 9.21 Å². The number of piperazine rings is 1. The number of hydrogen-bond acceptors (Lipinski definition) is 4. The molecule has 0 unspecified atom stereocenters. The Morgan fingerprint density at radius 1 is 1.04 bits per heavy atom. The van der Waals surface area contributed by atoms with E-state index in [-0.39, 0.29) is 5.91 Å². The van der Waals surface area contributed by atoms with Gasteiger partial charge in [0.05, 0.1) is 0 Å². The first-order valence-electron chi connectivity index (χ1n) is 8.95. The molecule has 27 heavy (non-hydrogen) atoms. The van der Waals surface area contributed by atoms with Gasteiger partial charge in [-0.3, -0.25) is 9.36 Å². The van der Waals surface area contributed by atoms with E-state index in [9.17, 15) is 10.1 Å². The molecule has 0 saturated carbocycles. The van der Waals surface area contributed by atoms with E-state index < -0.39 is 0 Å². The topological polar surface area (TPSA) is 65.4 Å². The van der Waals surface area contributed by atoms with Crippen LogP contribution in [0.4, 0.5) is 5.69 Å². The normalized spacial score (nSPS) is 14.2. The zero-order chi connectivity index (χ0) is 18.8. The minimum atomic E-state index is -0.140. The highest BCUT2D eigenvalue weighted by atomic mass is 16.4. The quantitative estimate of drug-likeness (QED) is 0.719. The molecule has 1 saturated heterocycles. The Kier molecular flexibility index (Phi) is 4.43. The van der Waals surface area contributed by atoms with Gasteiger partial charge in [0, 0.05) is 44.3 Å². The Hall–Kier alpha value is -3.46. The summed E-state index contributed by atoms with van der Waals surface area (Å²) in [4.78, 5) is 17.2. The number of furan rings is 1. The second-order valence-corrected chi connectivity index (χ2v) is 6.53. The van der Waals surface area contributed by atoms with Crippen molar-refractivity contribution in [1.29, 1.82) is 5.26 Å². The predicted octanol–water partition coefficient (Wildman–Crippen LogP) is 3.21. The van der Waals surface area contributed by atoms with Crippen LogP contribution in [0.15, 0.2) is 59.3 Å². The van der Waals surface area contributed by atoms with Gasteiger partial charge in [-0.2, -0.15) is 5.26 Å². The van der Waals surface area contributed by atoms with Crippen LogP contribution in [0.3, 0.4) is 0 Å². The molecular weight excluding hydrogens is 340 g/mol. The highest BCUT2D eigenvalue weighted by Gasteiger charge is 2.30. The Bertz CT molecular complexity index is 975. The maximum Gasteiger partial charge on any atom is 0.258 e. The highest BCUT2D eigenvalue weighted by Crippen LogP contribution is 2.27. The molecule has 1 aromatic carbocycles. The van der Waals surface area contributed by atoms with Crippen molar-refractivity contribution in [3.63, 3.8) is 0 Å².